The van der Waals surface area contributed by atoms with Gasteiger partial charge in [0.2, 0.25) is 0 Å². The Hall–Kier alpha value is -2.11. The summed E-state index contributed by atoms with van der Waals surface area (Å²) in [6.45, 7) is -1.98. The molecular weight excluding hydrogens is 471 g/mol. The standard InChI is InChI=1S/C17H23F2N5O2.HI/c1-20-17(21-7-6-12-9-23-24(2)11-12)22-10-13-8-14(25-3)4-5-15(13)26-16(18)19;/h4-5,8-9,11,16H,6-7,10H2,1-3H3,(H2,20,21,22);1H. The van der Waals surface area contributed by atoms with Gasteiger partial charge in [-0.2, -0.15) is 13.9 Å². The summed E-state index contributed by atoms with van der Waals surface area (Å²) in [5, 5.41) is 10.4. The molecule has 0 saturated heterocycles. The van der Waals surface area contributed by atoms with E-state index in [-0.39, 0.29) is 36.3 Å². The zero-order valence-electron chi connectivity index (χ0n) is 15.4. The zero-order chi connectivity index (χ0) is 18.9. The highest BCUT2D eigenvalue weighted by Crippen LogP contribution is 2.25. The van der Waals surface area contributed by atoms with Crippen molar-refractivity contribution in [2.75, 3.05) is 20.7 Å². The van der Waals surface area contributed by atoms with Crippen LogP contribution in [-0.4, -0.2) is 43.1 Å². The molecule has 7 nitrogen and oxygen atoms in total. The van der Waals surface area contributed by atoms with Crippen molar-refractivity contribution in [2.45, 2.75) is 19.6 Å². The zero-order valence-corrected chi connectivity index (χ0v) is 17.7. The van der Waals surface area contributed by atoms with Gasteiger partial charge in [-0.15, -0.1) is 24.0 Å². The third kappa shape index (κ3) is 7.57. The number of aliphatic imine (C=N–C) groups is 1. The number of benzene rings is 1. The summed E-state index contributed by atoms with van der Waals surface area (Å²) in [6, 6.07) is 4.68. The summed E-state index contributed by atoms with van der Waals surface area (Å²) in [6.07, 6.45) is 4.54. The van der Waals surface area contributed by atoms with Crippen LogP contribution in [0.25, 0.3) is 0 Å². The normalized spacial score (nSPS) is 11.1. The third-order valence-corrected chi connectivity index (χ3v) is 3.62. The second-order valence-electron chi connectivity index (χ2n) is 5.48. The van der Waals surface area contributed by atoms with Crippen LogP contribution >= 0.6 is 24.0 Å². The van der Waals surface area contributed by atoms with Gasteiger partial charge in [0, 0.05) is 38.9 Å². The molecule has 0 amide bonds. The number of aryl methyl sites for hydroxylation is 1. The largest absolute Gasteiger partial charge is 0.497 e. The van der Waals surface area contributed by atoms with E-state index in [2.05, 4.69) is 25.5 Å². The number of alkyl halides is 2. The fraction of sp³-hybridized carbons (Fsp3) is 0.412. The highest BCUT2D eigenvalue weighted by atomic mass is 127. The minimum atomic E-state index is -2.89. The average Bonchev–Trinajstić information content (AvgIpc) is 3.03. The molecule has 1 aromatic carbocycles. The van der Waals surface area contributed by atoms with Gasteiger partial charge in [-0.25, -0.2) is 0 Å². The minimum Gasteiger partial charge on any atom is -0.497 e. The van der Waals surface area contributed by atoms with Crippen molar-refractivity contribution in [1.29, 1.82) is 0 Å². The van der Waals surface area contributed by atoms with E-state index in [0.29, 0.717) is 23.8 Å². The molecule has 27 heavy (non-hydrogen) atoms. The lowest BCUT2D eigenvalue weighted by molar-refractivity contribution is -0.0504. The predicted molar refractivity (Wildman–Crippen MR) is 110 cm³/mol. The van der Waals surface area contributed by atoms with Gasteiger partial charge in [-0.1, -0.05) is 0 Å². The maximum Gasteiger partial charge on any atom is 0.387 e. The Morgan fingerprint density at radius 2 is 2.11 bits per heavy atom. The minimum absolute atomic E-state index is 0. The number of methoxy groups -OCH3 is 1. The quantitative estimate of drug-likeness (QED) is 0.335. The van der Waals surface area contributed by atoms with Crippen molar-refractivity contribution in [2.24, 2.45) is 12.0 Å². The molecule has 10 heteroatoms. The molecule has 2 aromatic rings. The first-order valence-electron chi connectivity index (χ1n) is 8.05. The van der Waals surface area contributed by atoms with Crippen LogP contribution in [0.5, 0.6) is 11.5 Å². The van der Waals surface area contributed by atoms with Crippen molar-refractivity contribution in [3.05, 3.63) is 41.7 Å². The highest BCUT2D eigenvalue weighted by molar-refractivity contribution is 14.0. The van der Waals surface area contributed by atoms with Crippen LogP contribution < -0.4 is 20.1 Å². The Morgan fingerprint density at radius 1 is 1.33 bits per heavy atom. The van der Waals surface area contributed by atoms with Crippen molar-refractivity contribution >= 4 is 29.9 Å². The second kappa shape index (κ2) is 11.6. The number of rotatable bonds is 8. The van der Waals surface area contributed by atoms with Gasteiger partial charge < -0.3 is 20.1 Å². The summed E-state index contributed by atoms with van der Waals surface area (Å²) < 4.78 is 36.6. The number of hydrogen-bond donors (Lipinski definition) is 2. The van der Waals surface area contributed by atoms with Crippen molar-refractivity contribution in [3.8, 4) is 11.5 Å². The van der Waals surface area contributed by atoms with Crippen LogP contribution in [0, 0.1) is 0 Å². The molecular formula is C17H24F2IN5O2. The first kappa shape index (κ1) is 22.9. The van der Waals surface area contributed by atoms with Crippen molar-refractivity contribution < 1.29 is 18.3 Å². The van der Waals surface area contributed by atoms with Crippen LogP contribution in [0.3, 0.4) is 0 Å². The van der Waals surface area contributed by atoms with Crippen LogP contribution in [0.2, 0.25) is 0 Å². The van der Waals surface area contributed by atoms with E-state index in [4.69, 9.17) is 4.74 Å². The van der Waals surface area contributed by atoms with Crippen LogP contribution in [0.15, 0.2) is 35.6 Å². The maximum atomic E-state index is 12.6. The van der Waals surface area contributed by atoms with E-state index in [0.717, 1.165) is 12.0 Å². The molecule has 0 fully saturated rings. The van der Waals surface area contributed by atoms with E-state index in [9.17, 15) is 8.78 Å². The van der Waals surface area contributed by atoms with Gasteiger partial charge in [0.25, 0.3) is 0 Å². The second-order valence-corrected chi connectivity index (χ2v) is 5.48. The predicted octanol–water partition coefficient (Wildman–Crippen LogP) is 2.56. The fourth-order valence-electron chi connectivity index (χ4n) is 2.36. The Balaban J connectivity index is 0.00000364. The number of guanidine groups is 1. The smallest absolute Gasteiger partial charge is 0.387 e. The molecule has 0 aliphatic carbocycles. The summed E-state index contributed by atoms with van der Waals surface area (Å²) in [4.78, 5) is 4.13. The van der Waals surface area contributed by atoms with Gasteiger partial charge in [-0.3, -0.25) is 9.67 Å². The Morgan fingerprint density at radius 3 is 2.70 bits per heavy atom. The molecule has 2 N–H and O–H groups in total. The molecule has 1 heterocycles. The number of ether oxygens (including phenoxy) is 2. The van der Waals surface area contributed by atoms with Gasteiger partial charge in [0.1, 0.15) is 11.5 Å². The SMILES string of the molecule is CN=C(NCCc1cnn(C)c1)NCc1cc(OC)ccc1OC(F)F.I. The lowest BCUT2D eigenvalue weighted by Gasteiger charge is -2.15. The van der Waals surface area contributed by atoms with Crippen molar-refractivity contribution in [3.63, 3.8) is 0 Å². The van der Waals surface area contributed by atoms with Gasteiger partial charge >= 0.3 is 6.61 Å². The highest BCUT2D eigenvalue weighted by Gasteiger charge is 2.11. The third-order valence-electron chi connectivity index (χ3n) is 3.62. The number of halogens is 3. The molecule has 150 valence electrons. The number of aromatic nitrogens is 2. The van der Waals surface area contributed by atoms with E-state index < -0.39 is 6.61 Å². The lowest BCUT2D eigenvalue weighted by atomic mass is 10.2. The van der Waals surface area contributed by atoms with E-state index in [1.807, 2.05) is 19.4 Å². The molecule has 0 atom stereocenters. The topological polar surface area (TPSA) is 72.7 Å². The Kier molecular flexibility index (Phi) is 9.83. The molecule has 0 saturated carbocycles. The summed E-state index contributed by atoms with van der Waals surface area (Å²) in [5.74, 6) is 1.21. The van der Waals surface area contributed by atoms with E-state index >= 15 is 0 Å². The van der Waals surface area contributed by atoms with E-state index in [1.54, 1.807) is 23.9 Å². The summed E-state index contributed by atoms with van der Waals surface area (Å²) in [7, 11) is 5.02. The fourth-order valence-corrected chi connectivity index (χ4v) is 2.36. The molecule has 1 aromatic heterocycles. The van der Waals surface area contributed by atoms with Crippen molar-refractivity contribution in [1.82, 2.24) is 20.4 Å². The molecule has 2 rings (SSSR count). The van der Waals surface area contributed by atoms with E-state index in [1.165, 1.54) is 13.2 Å². The molecule has 0 aliphatic heterocycles. The molecule has 0 bridgehead atoms. The Labute approximate surface area is 174 Å². The summed E-state index contributed by atoms with van der Waals surface area (Å²) >= 11 is 0. The first-order valence-corrected chi connectivity index (χ1v) is 8.05. The molecule has 0 aliphatic rings. The first-order chi connectivity index (χ1) is 12.5. The maximum absolute atomic E-state index is 12.6. The Bertz CT molecular complexity index is 740. The lowest BCUT2D eigenvalue weighted by Crippen LogP contribution is -2.37. The average molecular weight is 495 g/mol. The molecule has 0 radical (unpaired) electrons. The summed E-state index contributed by atoms with van der Waals surface area (Å²) in [5.41, 5.74) is 1.65. The monoisotopic (exact) mass is 495 g/mol. The van der Waals surface area contributed by atoms with Gasteiger partial charge in [-0.05, 0) is 30.2 Å². The van der Waals surface area contributed by atoms with Crippen LogP contribution in [0.1, 0.15) is 11.1 Å². The van der Waals surface area contributed by atoms with Gasteiger partial charge in [0.15, 0.2) is 5.96 Å². The van der Waals surface area contributed by atoms with Crippen LogP contribution in [-0.2, 0) is 20.0 Å². The van der Waals surface area contributed by atoms with Crippen LogP contribution in [0.4, 0.5) is 8.78 Å². The van der Waals surface area contributed by atoms with Gasteiger partial charge in [0.05, 0.1) is 13.3 Å². The molecule has 0 spiro atoms. The number of nitrogens with zero attached hydrogens (tertiary/aromatic N) is 3. The molecule has 0 unspecified atom stereocenters. The number of nitrogens with one attached hydrogen (secondary N) is 2. The number of hydrogen-bond acceptors (Lipinski definition) is 4.